The van der Waals surface area contributed by atoms with Crippen LogP contribution in [0.5, 0.6) is 0 Å². The maximum absolute atomic E-state index is 12.0. The molecule has 0 saturated carbocycles. The number of amides is 2. The van der Waals surface area contributed by atoms with Gasteiger partial charge in [0, 0.05) is 39.8 Å². The summed E-state index contributed by atoms with van der Waals surface area (Å²) in [7, 11) is 1.83. The van der Waals surface area contributed by atoms with Crippen LogP contribution in [-0.2, 0) is 0 Å². The third kappa shape index (κ3) is 3.07. The molecule has 1 aliphatic heterocycles. The Kier molecular flexibility index (Phi) is 4.09. The normalized spacial score (nSPS) is 15.5. The van der Waals surface area contributed by atoms with Gasteiger partial charge < -0.3 is 20.4 Å². The highest BCUT2D eigenvalue weighted by Gasteiger charge is 2.23. The number of pyridine rings is 1. The molecule has 104 valence electrons. The Balaban J connectivity index is 1.92. The molecule has 1 aromatic rings. The van der Waals surface area contributed by atoms with Gasteiger partial charge in [0.25, 0.3) is 0 Å². The van der Waals surface area contributed by atoms with Crippen LogP contribution in [0.25, 0.3) is 0 Å². The van der Waals surface area contributed by atoms with E-state index in [1.54, 1.807) is 11.1 Å². The molecule has 0 atom stereocenters. The maximum Gasteiger partial charge on any atom is 0.319 e. The summed E-state index contributed by atoms with van der Waals surface area (Å²) < 4.78 is 0. The number of nitrogen functional groups attached to an aromatic ring is 1. The van der Waals surface area contributed by atoms with Crippen LogP contribution in [0.1, 0.15) is 6.92 Å². The summed E-state index contributed by atoms with van der Waals surface area (Å²) in [6.07, 6.45) is 1.66. The Morgan fingerprint density at radius 1 is 1.37 bits per heavy atom. The molecule has 0 unspecified atom stereocenters. The van der Waals surface area contributed by atoms with Crippen molar-refractivity contribution in [2.75, 3.05) is 50.4 Å². The Labute approximate surface area is 113 Å². The lowest BCUT2D eigenvalue weighted by Gasteiger charge is -2.37. The van der Waals surface area contributed by atoms with Crippen LogP contribution in [0.4, 0.5) is 16.3 Å². The highest BCUT2D eigenvalue weighted by atomic mass is 16.2. The minimum absolute atomic E-state index is 0.104. The smallest absolute Gasteiger partial charge is 0.319 e. The van der Waals surface area contributed by atoms with Crippen molar-refractivity contribution >= 4 is 17.5 Å². The summed E-state index contributed by atoms with van der Waals surface area (Å²) >= 11 is 0. The Hall–Kier alpha value is -1.98. The number of aromatic nitrogens is 1. The van der Waals surface area contributed by atoms with Crippen LogP contribution in [0.2, 0.25) is 0 Å². The van der Waals surface area contributed by atoms with Crippen LogP contribution in [0, 0.1) is 0 Å². The molecule has 19 heavy (non-hydrogen) atoms. The zero-order chi connectivity index (χ0) is 13.8. The summed E-state index contributed by atoms with van der Waals surface area (Å²) in [5.41, 5.74) is 6.30. The largest absolute Gasteiger partial charge is 0.397 e. The molecule has 0 spiro atoms. The van der Waals surface area contributed by atoms with E-state index in [1.165, 1.54) is 0 Å². The molecule has 0 radical (unpaired) electrons. The van der Waals surface area contributed by atoms with Crippen molar-refractivity contribution in [1.82, 2.24) is 14.8 Å². The Morgan fingerprint density at radius 2 is 2.05 bits per heavy atom. The second-order valence-corrected chi connectivity index (χ2v) is 4.72. The minimum Gasteiger partial charge on any atom is -0.397 e. The number of hydrogen-bond donors (Lipinski definition) is 1. The van der Waals surface area contributed by atoms with Gasteiger partial charge in [-0.2, -0.15) is 0 Å². The monoisotopic (exact) mass is 263 g/mol. The van der Waals surface area contributed by atoms with Crippen molar-refractivity contribution in [2.45, 2.75) is 6.92 Å². The first kappa shape index (κ1) is 13.5. The molecular weight excluding hydrogens is 242 g/mol. The lowest BCUT2D eigenvalue weighted by atomic mass is 10.3. The molecule has 2 N–H and O–H groups in total. The summed E-state index contributed by atoms with van der Waals surface area (Å²) in [4.78, 5) is 22.1. The van der Waals surface area contributed by atoms with Gasteiger partial charge in [0.1, 0.15) is 5.82 Å². The molecule has 1 saturated heterocycles. The summed E-state index contributed by atoms with van der Waals surface area (Å²) in [6, 6.07) is 3.88. The van der Waals surface area contributed by atoms with Crippen LogP contribution in [-0.4, -0.2) is 60.6 Å². The number of urea groups is 1. The first-order valence-corrected chi connectivity index (χ1v) is 6.58. The molecule has 2 amide bonds. The first-order valence-electron chi connectivity index (χ1n) is 6.58. The molecule has 6 heteroatoms. The number of rotatable bonds is 2. The highest BCUT2D eigenvalue weighted by Crippen LogP contribution is 2.15. The van der Waals surface area contributed by atoms with Gasteiger partial charge in [0.2, 0.25) is 0 Å². The summed E-state index contributed by atoms with van der Waals surface area (Å²) in [6.45, 7) is 5.79. The third-order valence-corrected chi connectivity index (χ3v) is 3.45. The molecule has 2 rings (SSSR count). The van der Waals surface area contributed by atoms with Crippen molar-refractivity contribution in [3.05, 3.63) is 18.3 Å². The lowest BCUT2D eigenvalue weighted by Crippen LogP contribution is -2.52. The van der Waals surface area contributed by atoms with E-state index in [0.29, 0.717) is 5.69 Å². The minimum atomic E-state index is 0.104. The average molecular weight is 263 g/mol. The Morgan fingerprint density at radius 3 is 2.58 bits per heavy atom. The van der Waals surface area contributed by atoms with Crippen molar-refractivity contribution in [3.8, 4) is 0 Å². The van der Waals surface area contributed by atoms with Crippen LogP contribution >= 0.6 is 0 Å². The number of carbonyl (C=O) groups excluding carboxylic acids is 1. The van der Waals surface area contributed by atoms with Crippen molar-refractivity contribution in [2.24, 2.45) is 0 Å². The fraction of sp³-hybridized carbons (Fsp3) is 0.538. The average Bonchev–Trinajstić information content (AvgIpc) is 2.46. The zero-order valence-electron chi connectivity index (χ0n) is 11.5. The summed E-state index contributed by atoms with van der Waals surface area (Å²) in [5.74, 6) is 0.921. The molecule has 1 aromatic heterocycles. The van der Waals surface area contributed by atoms with E-state index in [0.717, 1.165) is 38.5 Å². The molecule has 1 fully saturated rings. The predicted molar refractivity (Wildman–Crippen MR) is 76.1 cm³/mol. The van der Waals surface area contributed by atoms with E-state index in [4.69, 9.17) is 5.73 Å². The van der Waals surface area contributed by atoms with E-state index in [-0.39, 0.29) is 6.03 Å². The SMILES string of the molecule is CCN(C)C(=O)N1CCN(c2ccc(N)cn2)CC1. The number of piperazine rings is 1. The number of anilines is 2. The van der Waals surface area contributed by atoms with E-state index in [9.17, 15) is 4.79 Å². The molecule has 0 aromatic carbocycles. The van der Waals surface area contributed by atoms with E-state index in [1.807, 2.05) is 31.0 Å². The molecule has 6 nitrogen and oxygen atoms in total. The van der Waals surface area contributed by atoms with E-state index < -0.39 is 0 Å². The third-order valence-electron chi connectivity index (χ3n) is 3.45. The fourth-order valence-electron chi connectivity index (χ4n) is 2.09. The molecule has 0 bridgehead atoms. The van der Waals surface area contributed by atoms with Crippen LogP contribution in [0.15, 0.2) is 18.3 Å². The van der Waals surface area contributed by atoms with Gasteiger partial charge in [-0.3, -0.25) is 0 Å². The summed E-state index contributed by atoms with van der Waals surface area (Å²) in [5, 5.41) is 0. The number of carbonyl (C=O) groups is 1. The van der Waals surface area contributed by atoms with Gasteiger partial charge >= 0.3 is 6.03 Å². The van der Waals surface area contributed by atoms with Crippen LogP contribution in [0.3, 0.4) is 0 Å². The Bertz CT molecular complexity index is 425. The molecule has 0 aliphatic carbocycles. The van der Waals surface area contributed by atoms with Crippen molar-refractivity contribution in [1.29, 1.82) is 0 Å². The number of nitrogens with zero attached hydrogens (tertiary/aromatic N) is 4. The van der Waals surface area contributed by atoms with E-state index >= 15 is 0 Å². The lowest BCUT2D eigenvalue weighted by molar-refractivity contribution is 0.161. The quantitative estimate of drug-likeness (QED) is 0.859. The van der Waals surface area contributed by atoms with Crippen molar-refractivity contribution < 1.29 is 4.79 Å². The molecule has 2 heterocycles. The van der Waals surface area contributed by atoms with E-state index in [2.05, 4.69) is 9.88 Å². The standard InChI is InChI=1S/C13H21N5O/c1-3-16(2)13(19)18-8-6-17(7-9-18)12-5-4-11(14)10-15-12/h4-5,10H,3,6-9,14H2,1-2H3. The first-order chi connectivity index (χ1) is 9.11. The topological polar surface area (TPSA) is 65.7 Å². The second-order valence-electron chi connectivity index (χ2n) is 4.72. The van der Waals surface area contributed by atoms with Gasteiger partial charge in [-0.15, -0.1) is 0 Å². The fourth-order valence-corrected chi connectivity index (χ4v) is 2.09. The van der Waals surface area contributed by atoms with Gasteiger partial charge in [-0.1, -0.05) is 0 Å². The van der Waals surface area contributed by atoms with Gasteiger partial charge in [-0.25, -0.2) is 9.78 Å². The number of hydrogen-bond acceptors (Lipinski definition) is 4. The van der Waals surface area contributed by atoms with Crippen molar-refractivity contribution in [3.63, 3.8) is 0 Å². The maximum atomic E-state index is 12.0. The highest BCUT2D eigenvalue weighted by molar-refractivity contribution is 5.74. The zero-order valence-corrected chi connectivity index (χ0v) is 11.5. The van der Waals surface area contributed by atoms with Gasteiger partial charge in [-0.05, 0) is 19.1 Å². The van der Waals surface area contributed by atoms with Gasteiger partial charge in [0.15, 0.2) is 0 Å². The van der Waals surface area contributed by atoms with Gasteiger partial charge in [0.05, 0.1) is 11.9 Å². The second kappa shape index (κ2) is 5.77. The molecular formula is C13H21N5O. The van der Waals surface area contributed by atoms with Crippen LogP contribution < -0.4 is 10.6 Å². The number of nitrogens with two attached hydrogens (primary N) is 1. The predicted octanol–water partition coefficient (Wildman–Crippen LogP) is 0.857. The molecule has 1 aliphatic rings.